The lowest BCUT2D eigenvalue weighted by Gasteiger charge is -2.33. The third-order valence-corrected chi connectivity index (χ3v) is 9.78. The largest absolute Gasteiger partial charge is 0.497 e. The van der Waals surface area contributed by atoms with Crippen LogP contribution in [0.15, 0.2) is 53.5 Å². The SMILES string of the molecule is CCOC(=O)C=Nc1ccc(OC)cc1.CCOC(=O)[C@@H](Nc1ccc(OC)cc1)[C@@H]1CC2(CCC1=O)CC2.O=C1CCC2(CC1)CC2. The van der Waals surface area contributed by atoms with Gasteiger partial charge in [-0.15, -0.1) is 0 Å². The number of nitrogens with zero attached hydrogens (tertiary/aromatic N) is 1. The van der Waals surface area contributed by atoms with Crippen molar-refractivity contribution in [3.63, 3.8) is 0 Å². The molecule has 4 aliphatic rings. The first-order chi connectivity index (χ1) is 23.1. The number of rotatable bonds is 10. The molecule has 4 fully saturated rings. The van der Waals surface area contributed by atoms with E-state index >= 15 is 0 Å². The van der Waals surface area contributed by atoms with Crippen LogP contribution in [0.5, 0.6) is 11.5 Å². The summed E-state index contributed by atoms with van der Waals surface area (Å²) in [6.07, 6.45) is 12.8. The molecule has 2 atom stereocenters. The van der Waals surface area contributed by atoms with Crippen molar-refractivity contribution in [3.05, 3.63) is 48.5 Å². The third kappa shape index (κ3) is 10.9. The highest BCUT2D eigenvalue weighted by Crippen LogP contribution is 2.57. The van der Waals surface area contributed by atoms with Crippen LogP contribution in [0, 0.1) is 16.7 Å². The molecule has 0 amide bonds. The molecular formula is C38H50N2O8. The molecule has 2 spiro atoms. The zero-order valence-corrected chi connectivity index (χ0v) is 28.8. The minimum Gasteiger partial charge on any atom is -0.497 e. The number of anilines is 1. The molecule has 4 saturated carbocycles. The molecule has 0 aromatic heterocycles. The topological polar surface area (TPSA) is 130 Å². The molecule has 1 N–H and O–H groups in total. The van der Waals surface area contributed by atoms with Crippen molar-refractivity contribution in [2.75, 3.05) is 32.8 Å². The molecule has 0 saturated heterocycles. The molecule has 10 nitrogen and oxygen atoms in total. The molecule has 48 heavy (non-hydrogen) atoms. The summed E-state index contributed by atoms with van der Waals surface area (Å²) in [6, 6.07) is 13.8. The Balaban J connectivity index is 0.000000183. The van der Waals surface area contributed by atoms with Gasteiger partial charge in [-0.3, -0.25) is 9.59 Å². The average Bonchev–Trinajstić information content (AvgIpc) is 4.05. The van der Waals surface area contributed by atoms with E-state index in [4.69, 9.17) is 18.9 Å². The Labute approximate surface area is 284 Å². The lowest BCUT2D eigenvalue weighted by Crippen LogP contribution is -2.45. The van der Waals surface area contributed by atoms with E-state index in [0.29, 0.717) is 41.9 Å². The van der Waals surface area contributed by atoms with E-state index < -0.39 is 12.0 Å². The van der Waals surface area contributed by atoms with Crippen LogP contribution in [0.25, 0.3) is 0 Å². The monoisotopic (exact) mass is 662 g/mol. The normalized spacial score (nSPS) is 20.4. The smallest absolute Gasteiger partial charge is 0.349 e. The summed E-state index contributed by atoms with van der Waals surface area (Å²) in [6.45, 7) is 4.20. The number of hydrogen-bond acceptors (Lipinski definition) is 10. The number of Topliss-reactive ketones (excluding diaryl/α,β-unsaturated/α-hetero) is 2. The summed E-state index contributed by atoms with van der Waals surface area (Å²) in [5, 5.41) is 3.23. The molecule has 260 valence electrons. The van der Waals surface area contributed by atoms with Crippen molar-refractivity contribution in [1.29, 1.82) is 0 Å². The predicted molar refractivity (Wildman–Crippen MR) is 184 cm³/mol. The number of nitrogens with one attached hydrogen (secondary N) is 1. The Morgan fingerprint density at radius 1 is 0.792 bits per heavy atom. The first-order valence-electron chi connectivity index (χ1n) is 17.1. The highest BCUT2D eigenvalue weighted by Gasteiger charge is 2.51. The molecule has 0 unspecified atom stereocenters. The van der Waals surface area contributed by atoms with E-state index in [1.807, 2.05) is 24.3 Å². The van der Waals surface area contributed by atoms with Gasteiger partial charge in [0.05, 0.1) is 33.1 Å². The second kappa shape index (κ2) is 17.3. The standard InChI is InChI=1S/C19H25NO4.C11H13NO3.C8H12O/c1-3-24-18(22)17(20-13-4-6-14(23-2)7-5-13)15-12-19(10-11-19)9-8-16(15)21;1-3-15-11(13)8-12-9-4-6-10(14-2)7-5-9;9-7-1-3-8(4-2-7)5-6-8/h4-7,15,17,20H,3,8-12H2,1-2H3;4-8H,3H2,1-2H3;1-6H2/t15-,17+;;/m1../s1. The summed E-state index contributed by atoms with van der Waals surface area (Å²) >= 11 is 0. The quantitative estimate of drug-likeness (QED) is 0.210. The van der Waals surface area contributed by atoms with Crippen molar-refractivity contribution in [3.8, 4) is 11.5 Å². The van der Waals surface area contributed by atoms with Crippen LogP contribution < -0.4 is 14.8 Å². The molecule has 10 heteroatoms. The number of esters is 2. The van der Waals surface area contributed by atoms with E-state index in [0.717, 1.165) is 49.1 Å². The number of carbonyl (C=O) groups is 4. The van der Waals surface area contributed by atoms with Gasteiger partial charge in [-0.1, -0.05) is 0 Å². The highest BCUT2D eigenvalue weighted by molar-refractivity contribution is 6.23. The van der Waals surface area contributed by atoms with Gasteiger partial charge in [-0.05, 0) is 125 Å². The number of ketones is 2. The lowest BCUT2D eigenvalue weighted by atomic mass is 9.74. The number of aliphatic imine (C=N–C) groups is 1. The van der Waals surface area contributed by atoms with Crippen LogP contribution >= 0.6 is 0 Å². The molecule has 2 aromatic carbocycles. The maximum Gasteiger partial charge on any atom is 0.349 e. The van der Waals surface area contributed by atoms with Crippen LogP contribution in [0.3, 0.4) is 0 Å². The zero-order chi connectivity index (χ0) is 34.6. The van der Waals surface area contributed by atoms with E-state index in [-0.39, 0.29) is 17.7 Å². The fourth-order valence-corrected chi connectivity index (χ4v) is 6.32. The van der Waals surface area contributed by atoms with Crippen molar-refractivity contribution in [2.45, 2.75) is 90.5 Å². The van der Waals surface area contributed by atoms with Crippen LogP contribution in [0.2, 0.25) is 0 Å². The van der Waals surface area contributed by atoms with Gasteiger partial charge in [0.1, 0.15) is 35.3 Å². The van der Waals surface area contributed by atoms with Gasteiger partial charge < -0.3 is 24.3 Å². The second-order valence-electron chi connectivity index (χ2n) is 13.1. The van der Waals surface area contributed by atoms with Crippen LogP contribution in [-0.2, 0) is 28.7 Å². The van der Waals surface area contributed by atoms with E-state index in [1.54, 1.807) is 52.3 Å². The van der Waals surface area contributed by atoms with Crippen molar-refractivity contribution >= 4 is 41.1 Å². The van der Waals surface area contributed by atoms with Crippen LogP contribution in [-0.4, -0.2) is 63.2 Å². The predicted octanol–water partition coefficient (Wildman–Crippen LogP) is 7.06. The van der Waals surface area contributed by atoms with Gasteiger partial charge in [0, 0.05) is 30.9 Å². The third-order valence-electron chi connectivity index (χ3n) is 9.78. The van der Waals surface area contributed by atoms with Crippen LogP contribution in [0.4, 0.5) is 11.4 Å². The van der Waals surface area contributed by atoms with Gasteiger partial charge in [-0.2, -0.15) is 0 Å². The summed E-state index contributed by atoms with van der Waals surface area (Å²) < 4.78 is 20.1. The average molecular weight is 663 g/mol. The first kappa shape index (κ1) is 36.6. The first-order valence-corrected chi connectivity index (χ1v) is 17.1. The van der Waals surface area contributed by atoms with Gasteiger partial charge >= 0.3 is 11.9 Å². The van der Waals surface area contributed by atoms with Gasteiger partial charge in [0.15, 0.2) is 0 Å². The minimum absolute atomic E-state index is 0.173. The molecule has 4 aliphatic carbocycles. The number of ether oxygens (including phenoxy) is 4. The lowest BCUT2D eigenvalue weighted by molar-refractivity contribution is -0.148. The molecule has 2 aromatic rings. The Bertz CT molecular complexity index is 1400. The number of carbonyl (C=O) groups excluding carboxylic acids is 4. The van der Waals surface area contributed by atoms with Gasteiger partial charge in [-0.25, -0.2) is 14.6 Å². The number of methoxy groups -OCH3 is 2. The fraction of sp³-hybridized carbons (Fsp3) is 0.553. The summed E-state index contributed by atoms with van der Waals surface area (Å²) in [7, 11) is 3.20. The molecule has 0 bridgehead atoms. The molecule has 6 rings (SSSR count). The Morgan fingerprint density at radius 2 is 1.33 bits per heavy atom. The highest BCUT2D eigenvalue weighted by atomic mass is 16.5. The van der Waals surface area contributed by atoms with E-state index in [2.05, 4.69) is 10.3 Å². The maximum atomic E-state index is 12.5. The van der Waals surface area contributed by atoms with Crippen molar-refractivity contribution in [1.82, 2.24) is 0 Å². The Kier molecular flexibility index (Phi) is 13.2. The molecular weight excluding hydrogens is 612 g/mol. The number of benzene rings is 2. The maximum absolute atomic E-state index is 12.5. The van der Waals surface area contributed by atoms with Gasteiger partial charge in [0.25, 0.3) is 0 Å². The Hall–Kier alpha value is -4.21. The van der Waals surface area contributed by atoms with Gasteiger partial charge in [0.2, 0.25) is 0 Å². The van der Waals surface area contributed by atoms with E-state index in [1.165, 1.54) is 38.5 Å². The molecule has 0 aliphatic heterocycles. The minimum atomic E-state index is -0.622. The molecule has 0 radical (unpaired) electrons. The fourth-order valence-electron chi connectivity index (χ4n) is 6.32. The number of hydrogen-bond donors (Lipinski definition) is 1. The van der Waals surface area contributed by atoms with E-state index in [9.17, 15) is 19.2 Å². The zero-order valence-electron chi connectivity index (χ0n) is 28.8. The van der Waals surface area contributed by atoms with Crippen LogP contribution in [0.1, 0.15) is 84.5 Å². The summed E-state index contributed by atoms with van der Waals surface area (Å²) in [5.74, 6) is 1.09. The Morgan fingerprint density at radius 3 is 1.85 bits per heavy atom. The van der Waals surface area contributed by atoms with Crippen molar-refractivity contribution in [2.24, 2.45) is 21.7 Å². The second-order valence-corrected chi connectivity index (χ2v) is 13.1. The van der Waals surface area contributed by atoms with Crippen molar-refractivity contribution < 1.29 is 38.1 Å². The summed E-state index contributed by atoms with van der Waals surface area (Å²) in [5.41, 5.74) is 2.46. The molecule has 0 heterocycles. The summed E-state index contributed by atoms with van der Waals surface area (Å²) in [4.78, 5) is 50.6.